The summed E-state index contributed by atoms with van der Waals surface area (Å²) in [5.41, 5.74) is -0.571. The fourth-order valence-electron chi connectivity index (χ4n) is 3.69. The van der Waals surface area contributed by atoms with E-state index in [1.54, 1.807) is 43.0 Å². The third-order valence-electron chi connectivity index (χ3n) is 5.34. The van der Waals surface area contributed by atoms with Crippen molar-refractivity contribution in [1.82, 2.24) is 20.4 Å². The molecule has 8 heteroatoms. The summed E-state index contributed by atoms with van der Waals surface area (Å²) >= 11 is 0. The van der Waals surface area contributed by atoms with Gasteiger partial charge >= 0.3 is 6.03 Å². The number of benzene rings is 1. The van der Waals surface area contributed by atoms with Crippen LogP contribution in [0.2, 0.25) is 0 Å². The van der Waals surface area contributed by atoms with E-state index in [9.17, 15) is 19.2 Å². The Bertz CT molecular complexity index is 776. The first-order chi connectivity index (χ1) is 13.3. The summed E-state index contributed by atoms with van der Waals surface area (Å²) in [6.45, 7) is 4.20. The van der Waals surface area contributed by atoms with Crippen molar-refractivity contribution in [2.24, 2.45) is 0 Å². The van der Waals surface area contributed by atoms with Crippen LogP contribution >= 0.6 is 0 Å². The number of rotatable bonds is 5. The second-order valence-electron chi connectivity index (χ2n) is 7.49. The summed E-state index contributed by atoms with van der Waals surface area (Å²) in [4.78, 5) is 52.6. The molecule has 1 aromatic carbocycles. The first-order valence-electron chi connectivity index (χ1n) is 9.60. The molecule has 1 aromatic rings. The molecule has 2 fully saturated rings. The van der Waals surface area contributed by atoms with E-state index in [-0.39, 0.29) is 5.91 Å². The topological polar surface area (TPSA) is 98.8 Å². The van der Waals surface area contributed by atoms with E-state index in [2.05, 4.69) is 10.6 Å². The van der Waals surface area contributed by atoms with Crippen molar-refractivity contribution in [2.45, 2.75) is 44.7 Å². The molecule has 150 valence electrons. The molecule has 0 spiro atoms. The Morgan fingerprint density at radius 1 is 1.14 bits per heavy atom. The van der Waals surface area contributed by atoms with Crippen LogP contribution < -0.4 is 10.6 Å². The monoisotopic (exact) mass is 386 g/mol. The molecular formula is C20H26N4O4. The lowest BCUT2D eigenvalue weighted by Gasteiger charge is -2.29. The summed E-state index contributed by atoms with van der Waals surface area (Å²) in [6, 6.07) is 7.56. The van der Waals surface area contributed by atoms with Gasteiger partial charge < -0.3 is 15.5 Å². The van der Waals surface area contributed by atoms with Crippen LogP contribution in [0.25, 0.3) is 0 Å². The van der Waals surface area contributed by atoms with Crippen LogP contribution in [-0.2, 0) is 19.9 Å². The van der Waals surface area contributed by atoms with E-state index in [1.807, 2.05) is 6.07 Å². The van der Waals surface area contributed by atoms with Crippen molar-refractivity contribution in [3.63, 3.8) is 0 Å². The highest BCUT2D eigenvalue weighted by Gasteiger charge is 2.49. The van der Waals surface area contributed by atoms with Crippen LogP contribution in [0.3, 0.4) is 0 Å². The molecule has 5 amide bonds. The second kappa shape index (κ2) is 8.00. The summed E-state index contributed by atoms with van der Waals surface area (Å²) in [7, 11) is 0. The summed E-state index contributed by atoms with van der Waals surface area (Å²) in [5.74, 6) is -1.17. The van der Waals surface area contributed by atoms with Crippen LogP contribution in [-0.4, -0.2) is 59.2 Å². The van der Waals surface area contributed by atoms with Gasteiger partial charge in [-0.15, -0.1) is 0 Å². The SMILES string of the molecule is C[C@H](NC(=O)CN1C(=O)N[C@@](C)(c2ccccc2)C1=O)C(=O)N1CCCCC1. The Hall–Kier alpha value is -2.90. The average molecular weight is 386 g/mol. The highest BCUT2D eigenvalue weighted by molar-refractivity contribution is 6.09. The van der Waals surface area contributed by atoms with Gasteiger partial charge in [-0.05, 0) is 38.7 Å². The molecule has 0 unspecified atom stereocenters. The van der Waals surface area contributed by atoms with E-state index in [1.165, 1.54) is 0 Å². The largest absolute Gasteiger partial charge is 0.343 e. The zero-order chi connectivity index (χ0) is 20.3. The summed E-state index contributed by atoms with van der Waals surface area (Å²) < 4.78 is 0. The molecule has 2 aliphatic heterocycles. The van der Waals surface area contributed by atoms with E-state index in [0.717, 1.165) is 24.2 Å². The van der Waals surface area contributed by atoms with Gasteiger partial charge in [0.1, 0.15) is 18.1 Å². The van der Waals surface area contributed by atoms with E-state index >= 15 is 0 Å². The van der Waals surface area contributed by atoms with E-state index in [0.29, 0.717) is 18.7 Å². The lowest BCUT2D eigenvalue weighted by molar-refractivity contribution is -0.138. The highest BCUT2D eigenvalue weighted by Crippen LogP contribution is 2.28. The van der Waals surface area contributed by atoms with Crippen LogP contribution in [0.4, 0.5) is 4.79 Å². The number of amides is 5. The lowest BCUT2D eigenvalue weighted by Crippen LogP contribution is -2.51. The predicted molar refractivity (Wildman–Crippen MR) is 102 cm³/mol. The zero-order valence-electron chi connectivity index (χ0n) is 16.2. The number of nitrogens with one attached hydrogen (secondary N) is 2. The van der Waals surface area contributed by atoms with Gasteiger partial charge in [-0.2, -0.15) is 0 Å². The summed E-state index contributed by atoms with van der Waals surface area (Å²) in [5, 5.41) is 5.27. The van der Waals surface area contributed by atoms with Crippen LogP contribution in [0, 0.1) is 0 Å². The maximum absolute atomic E-state index is 12.8. The Kier molecular flexibility index (Phi) is 5.67. The van der Waals surface area contributed by atoms with Crippen LogP contribution in [0.5, 0.6) is 0 Å². The number of carbonyl (C=O) groups is 4. The molecule has 0 bridgehead atoms. The molecule has 8 nitrogen and oxygen atoms in total. The third-order valence-corrected chi connectivity index (χ3v) is 5.34. The number of urea groups is 1. The molecular weight excluding hydrogens is 360 g/mol. The van der Waals surface area contributed by atoms with Gasteiger partial charge in [0.05, 0.1) is 0 Å². The molecule has 3 rings (SSSR count). The number of carbonyl (C=O) groups excluding carboxylic acids is 4. The maximum Gasteiger partial charge on any atom is 0.325 e. The fraction of sp³-hybridized carbons (Fsp3) is 0.500. The molecule has 2 atom stereocenters. The quantitative estimate of drug-likeness (QED) is 0.737. The molecule has 0 aromatic heterocycles. The molecule has 2 aliphatic rings. The number of piperidine rings is 1. The second-order valence-corrected chi connectivity index (χ2v) is 7.49. The van der Waals surface area contributed by atoms with Crippen molar-refractivity contribution in [2.75, 3.05) is 19.6 Å². The number of imide groups is 1. The molecule has 28 heavy (non-hydrogen) atoms. The fourth-order valence-corrected chi connectivity index (χ4v) is 3.69. The van der Waals surface area contributed by atoms with Gasteiger partial charge in [-0.3, -0.25) is 19.3 Å². The number of hydrogen-bond acceptors (Lipinski definition) is 4. The van der Waals surface area contributed by atoms with Gasteiger partial charge in [0.15, 0.2) is 0 Å². The van der Waals surface area contributed by atoms with Crippen LogP contribution in [0.1, 0.15) is 38.7 Å². The van der Waals surface area contributed by atoms with Crippen molar-refractivity contribution in [3.05, 3.63) is 35.9 Å². The molecule has 2 heterocycles. The minimum absolute atomic E-state index is 0.139. The van der Waals surface area contributed by atoms with Crippen molar-refractivity contribution >= 4 is 23.8 Å². The average Bonchev–Trinajstić information content (AvgIpc) is 2.92. The Labute approximate surface area is 164 Å². The number of hydrogen-bond donors (Lipinski definition) is 2. The van der Waals surface area contributed by atoms with Gasteiger partial charge in [0.25, 0.3) is 5.91 Å². The Morgan fingerprint density at radius 2 is 1.79 bits per heavy atom. The van der Waals surface area contributed by atoms with Gasteiger partial charge in [0, 0.05) is 13.1 Å². The van der Waals surface area contributed by atoms with Gasteiger partial charge in [0.2, 0.25) is 11.8 Å². The minimum Gasteiger partial charge on any atom is -0.343 e. The van der Waals surface area contributed by atoms with E-state index < -0.39 is 36.0 Å². The van der Waals surface area contributed by atoms with Gasteiger partial charge in [-0.25, -0.2) is 4.79 Å². The normalized spacial score (nSPS) is 23.4. The first kappa shape index (κ1) is 19.9. The Morgan fingerprint density at radius 3 is 2.43 bits per heavy atom. The smallest absolute Gasteiger partial charge is 0.325 e. The first-order valence-corrected chi connectivity index (χ1v) is 9.60. The highest BCUT2D eigenvalue weighted by atomic mass is 16.2. The Balaban J connectivity index is 1.61. The molecule has 2 saturated heterocycles. The molecule has 0 radical (unpaired) electrons. The molecule has 0 aliphatic carbocycles. The maximum atomic E-state index is 12.8. The molecule has 2 N–H and O–H groups in total. The van der Waals surface area contributed by atoms with Crippen molar-refractivity contribution < 1.29 is 19.2 Å². The zero-order valence-corrected chi connectivity index (χ0v) is 16.2. The standard InChI is InChI=1S/C20H26N4O4/c1-14(17(26)23-11-7-4-8-12-23)21-16(25)13-24-18(27)20(2,22-19(24)28)15-9-5-3-6-10-15/h3,5-6,9-10,14H,4,7-8,11-13H2,1-2H3,(H,21,25)(H,22,28)/t14-,20-/m0/s1. The molecule has 0 saturated carbocycles. The predicted octanol–water partition coefficient (Wildman–Crippen LogP) is 0.971. The minimum atomic E-state index is -1.21. The van der Waals surface area contributed by atoms with Crippen LogP contribution in [0.15, 0.2) is 30.3 Å². The lowest BCUT2D eigenvalue weighted by atomic mass is 9.92. The van der Waals surface area contributed by atoms with E-state index in [4.69, 9.17) is 0 Å². The summed E-state index contributed by atoms with van der Waals surface area (Å²) in [6.07, 6.45) is 3.04. The number of nitrogens with zero attached hydrogens (tertiary/aromatic N) is 2. The number of likely N-dealkylation sites (tertiary alicyclic amines) is 1. The van der Waals surface area contributed by atoms with Crippen molar-refractivity contribution in [3.8, 4) is 0 Å². The van der Waals surface area contributed by atoms with Gasteiger partial charge in [-0.1, -0.05) is 30.3 Å². The van der Waals surface area contributed by atoms with Crippen molar-refractivity contribution in [1.29, 1.82) is 0 Å². The third kappa shape index (κ3) is 3.85.